The number of urea groups is 1. The number of Topliss-reactive ketones (excluding diaryl/α,β-unsaturated/α-hetero) is 1. The number of H-pyrrole nitrogens is 1. The molecule has 2 aromatic carbocycles. The predicted molar refractivity (Wildman–Crippen MR) is 152 cm³/mol. The number of amides is 4. The molecule has 0 bridgehead atoms. The summed E-state index contributed by atoms with van der Waals surface area (Å²) in [6, 6.07) is 12.6. The second-order valence-electron chi connectivity index (χ2n) is 9.64. The number of piperazine rings is 1. The summed E-state index contributed by atoms with van der Waals surface area (Å²) in [5.41, 5.74) is 1.57. The summed E-state index contributed by atoms with van der Waals surface area (Å²) in [6.45, 7) is 0.843. The van der Waals surface area contributed by atoms with Gasteiger partial charge in [-0.25, -0.2) is 4.79 Å². The highest BCUT2D eigenvalue weighted by atomic mass is 16.4. The lowest BCUT2D eigenvalue weighted by Gasteiger charge is -2.38. The van der Waals surface area contributed by atoms with Gasteiger partial charge >= 0.3 is 12.0 Å². The van der Waals surface area contributed by atoms with Gasteiger partial charge in [0.15, 0.2) is 0 Å². The van der Waals surface area contributed by atoms with Crippen LogP contribution in [0.15, 0.2) is 54.7 Å². The standard InChI is InChI=1S/C30H31N5O6/c1-2-21-19-34(28(39)20-10-5-3-6-11-20)16-17-35(21)29(40)27(38)23-18-32-26-22(23)12-9-13-24(26)33-30(41)31-15-8-4-7-14-25(36)37/h1,3,5-6,9-13,18,21,32H,4,7-8,14-17,19H2,(H,36,37)(H2,31,33,41). The number of nitrogens with one attached hydrogen (secondary N) is 3. The number of fused-ring (bicyclic) bond motifs is 1. The van der Waals surface area contributed by atoms with Crippen molar-refractivity contribution in [1.82, 2.24) is 20.1 Å². The largest absolute Gasteiger partial charge is 0.481 e. The molecule has 212 valence electrons. The Morgan fingerprint density at radius 3 is 2.51 bits per heavy atom. The van der Waals surface area contributed by atoms with Crippen LogP contribution < -0.4 is 10.6 Å². The molecule has 1 fully saturated rings. The van der Waals surface area contributed by atoms with E-state index in [1.54, 1.807) is 47.4 Å². The Kier molecular flexibility index (Phi) is 9.37. The minimum atomic E-state index is -0.844. The molecular formula is C30H31N5O6. The number of aromatic nitrogens is 1. The fourth-order valence-corrected chi connectivity index (χ4v) is 4.75. The van der Waals surface area contributed by atoms with Crippen molar-refractivity contribution >= 4 is 46.2 Å². The average molecular weight is 558 g/mol. The van der Waals surface area contributed by atoms with Crippen LogP contribution >= 0.6 is 0 Å². The quantitative estimate of drug-likeness (QED) is 0.130. The lowest BCUT2D eigenvalue weighted by atomic mass is 10.1. The molecule has 0 aliphatic carbocycles. The lowest BCUT2D eigenvalue weighted by Crippen LogP contribution is -2.57. The Labute approximate surface area is 236 Å². The summed E-state index contributed by atoms with van der Waals surface area (Å²) in [7, 11) is 0. The third kappa shape index (κ3) is 6.91. The molecule has 1 saturated heterocycles. The number of terminal acetylenes is 1. The van der Waals surface area contributed by atoms with E-state index >= 15 is 0 Å². The third-order valence-corrected chi connectivity index (χ3v) is 6.90. The number of hydrogen-bond acceptors (Lipinski definition) is 5. The molecule has 4 rings (SSSR count). The first-order chi connectivity index (χ1) is 19.8. The number of carbonyl (C=O) groups is 5. The first-order valence-electron chi connectivity index (χ1n) is 13.3. The number of ketones is 1. The van der Waals surface area contributed by atoms with Gasteiger partial charge < -0.3 is 30.5 Å². The third-order valence-electron chi connectivity index (χ3n) is 6.90. The minimum Gasteiger partial charge on any atom is -0.481 e. The van der Waals surface area contributed by atoms with E-state index < -0.39 is 29.7 Å². The number of carboxylic acids is 1. The summed E-state index contributed by atoms with van der Waals surface area (Å²) >= 11 is 0. The van der Waals surface area contributed by atoms with Crippen LogP contribution in [0, 0.1) is 12.3 Å². The molecule has 1 atom stereocenters. The lowest BCUT2D eigenvalue weighted by molar-refractivity contribution is -0.137. The first-order valence-corrected chi connectivity index (χ1v) is 13.3. The smallest absolute Gasteiger partial charge is 0.319 e. The van der Waals surface area contributed by atoms with E-state index in [0.717, 1.165) is 0 Å². The van der Waals surface area contributed by atoms with Gasteiger partial charge in [-0.05, 0) is 31.0 Å². The summed E-state index contributed by atoms with van der Waals surface area (Å²) in [4.78, 5) is 68.3. The summed E-state index contributed by atoms with van der Waals surface area (Å²) < 4.78 is 0. The van der Waals surface area contributed by atoms with Gasteiger partial charge in [-0.1, -0.05) is 42.7 Å². The maximum absolute atomic E-state index is 13.3. The van der Waals surface area contributed by atoms with E-state index in [2.05, 4.69) is 21.5 Å². The van der Waals surface area contributed by atoms with E-state index in [1.807, 2.05) is 6.07 Å². The predicted octanol–water partition coefficient (Wildman–Crippen LogP) is 3.10. The molecule has 11 heteroatoms. The average Bonchev–Trinajstić information content (AvgIpc) is 3.43. The van der Waals surface area contributed by atoms with Crippen molar-refractivity contribution in [2.75, 3.05) is 31.5 Å². The maximum atomic E-state index is 13.3. The molecule has 2 heterocycles. The summed E-state index contributed by atoms with van der Waals surface area (Å²) in [5, 5.41) is 14.6. The van der Waals surface area contributed by atoms with E-state index in [4.69, 9.17) is 11.5 Å². The number of unbranched alkanes of at least 4 members (excludes halogenated alkanes) is 2. The van der Waals surface area contributed by atoms with Gasteiger partial charge in [0.25, 0.3) is 17.6 Å². The number of hydrogen-bond donors (Lipinski definition) is 4. The van der Waals surface area contributed by atoms with Crippen molar-refractivity contribution in [3.63, 3.8) is 0 Å². The molecular weight excluding hydrogens is 526 g/mol. The second kappa shape index (κ2) is 13.3. The molecule has 41 heavy (non-hydrogen) atoms. The van der Waals surface area contributed by atoms with Gasteiger partial charge in [0.1, 0.15) is 6.04 Å². The van der Waals surface area contributed by atoms with Crippen LogP contribution in [-0.2, 0) is 9.59 Å². The zero-order chi connectivity index (χ0) is 29.4. The van der Waals surface area contributed by atoms with Crippen molar-refractivity contribution < 1.29 is 29.1 Å². The molecule has 0 saturated carbocycles. The fraction of sp³-hybridized carbons (Fsp3) is 0.300. The molecule has 1 aromatic heterocycles. The number of nitrogens with zero attached hydrogens (tertiary/aromatic N) is 2. The van der Waals surface area contributed by atoms with Crippen LogP contribution in [0.1, 0.15) is 46.4 Å². The number of aromatic amines is 1. The highest BCUT2D eigenvalue weighted by Crippen LogP contribution is 2.27. The molecule has 1 aliphatic rings. The zero-order valence-corrected chi connectivity index (χ0v) is 22.4. The van der Waals surface area contributed by atoms with Crippen molar-refractivity contribution in [1.29, 1.82) is 0 Å². The van der Waals surface area contributed by atoms with E-state index in [0.29, 0.717) is 48.0 Å². The van der Waals surface area contributed by atoms with Crippen LogP contribution in [0.4, 0.5) is 10.5 Å². The highest BCUT2D eigenvalue weighted by molar-refractivity contribution is 6.45. The molecule has 4 N–H and O–H groups in total. The van der Waals surface area contributed by atoms with Crippen molar-refractivity contribution in [3.05, 3.63) is 65.9 Å². The molecule has 1 aliphatic heterocycles. The van der Waals surface area contributed by atoms with E-state index in [9.17, 15) is 24.0 Å². The second-order valence-corrected chi connectivity index (χ2v) is 9.64. The first kappa shape index (κ1) is 28.9. The number of benzene rings is 2. The molecule has 4 amide bonds. The van der Waals surface area contributed by atoms with E-state index in [1.165, 1.54) is 11.1 Å². The van der Waals surface area contributed by atoms with Crippen LogP contribution in [0.25, 0.3) is 10.9 Å². The van der Waals surface area contributed by atoms with Gasteiger partial charge in [-0.2, -0.15) is 0 Å². The van der Waals surface area contributed by atoms with Crippen molar-refractivity contribution in [3.8, 4) is 12.3 Å². The maximum Gasteiger partial charge on any atom is 0.319 e. The van der Waals surface area contributed by atoms with Crippen LogP contribution in [0.5, 0.6) is 0 Å². The van der Waals surface area contributed by atoms with Crippen LogP contribution in [-0.4, -0.2) is 81.7 Å². The SMILES string of the molecule is C#CC1CN(C(=O)c2ccccc2)CCN1C(=O)C(=O)c1c[nH]c2c(NC(=O)NCCCCCC(=O)O)cccc12. The normalized spacial score (nSPS) is 14.8. The highest BCUT2D eigenvalue weighted by Gasteiger charge is 2.35. The van der Waals surface area contributed by atoms with Gasteiger partial charge in [0, 0.05) is 43.2 Å². The molecule has 1 unspecified atom stereocenters. The Balaban J connectivity index is 1.39. The number of carbonyl (C=O) groups excluding carboxylic acids is 4. The summed E-state index contributed by atoms with van der Waals surface area (Å²) in [5.74, 6) is -0.00527. The number of carboxylic acid groups (broad SMARTS) is 1. The fourth-order valence-electron chi connectivity index (χ4n) is 4.75. The van der Waals surface area contributed by atoms with Crippen molar-refractivity contribution in [2.24, 2.45) is 0 Å². The molecule has 11 nitrogen and oxygen atoms in total. The monoisotopic (exact) mass is 557 g/mol. The van der Waals surface area contributed by atoms with Crippen LogP contribution in [0.3, 0.4) is 0 Å². The Morgan fingerprint density at radius 1 is 1.00 bits per heavy atom. The molecule has 0 radical (unpaired) electrons. The van der Waals surface area contributed by atoms with Gasteiger partial charge in [0.2, 0.25) is 0 Å². The van der Waals surface area contributed by atoms with Gasteiger partial charge in [0.05, 0.1) is 23.3 Å². The zero-order valence-electron chi connectivity index (χ0n) is 22.4. The number of aliphatic carboxylic acids is 1. The Bertz CT molecular complexity index is 1490. The topological polar surface area (TPSA) is 152 Å². The van der Waals surface area contributed by atoms with Crippen molar-refractivity contribution in [2.45, 2.75) is 31.7 Å². The Hall–Kier alpha value is -5.11. The number of rotatable bonds is 10. The minimum absolute atomic E-state index is 0.0953. The Morgan fingerprint density at radius 2 is 1.78 bits per heavy atom. The number of para-hydroxylation sites is 1. The molecule has 0 spiro atoms. The van der Waals surface area contributed by atoms with Crippen LogP contribution in [0.2, 0.25) is 0 Å². The number of anilines is 1. The summed E-state index contributed by atoms with van der Waals surface area (Å²) in [6.07, 6.45) is 9.09. The van der Waals surface area contributed by atoms with E-state index in [-0.39, 0.29) is 37.5 Å². The van der Waals surface area contributed by atoms with Gasteiger partial charge in [-0.3, -0.25) is 19.2 Å². The van der Waals surface area contributed by atoms with Gasteiger partial charge in [-0.15, -0.1) is 6.42 Å². The molecule has 3 aromatic rings.